The first-order valence-electron chi connectivity index (χ1n) is 5.01. The average molecular weight is 239 g/mol. The van der Waals surface area contributed by atoms with Crippen molar-refractivity contribution in [3.05, 3.63) is 28.0 Å². The average Bonchev–Trinajstić information content (AvgIpc) is 2.89. The van der Waals surface area contributed by atoms with Crippen LogP contribution >= 0.6 is 11.6 Å². The minimum Gasteiger partial charge on any atom is -0.205 e. The van der Waals surface area contributed by atoms with Gasteiger partial charge in [0.05, 0.1) is 5.02 Å². The number of halogens is 2. The molecule has 82 valence electrons. The predicted octanol–water partition coefficient (Wildman–Crippen LogP) is 2.15. The maximum atomic E-state index is 13.6. The minimum atomic E-state index is -0.415. The molecule has 0 radical (unpaired) electrons. The lowest BCUT2D eigenvalue weighted by Gasteiger charge is -2.08. The third-order valence-corrected chi connectivity index (χ3v) is 3.23. The van der Waals surface area contributed by atoms with Crippen LogP contribution in [0, 0.1) is 5.82 Å². The maximum Gasteiger partial charge on any atom is 0.206 e. The van der Waals surface area contributed by atoms with Crippen molar-refractivity contribution in [3.8, 4) is 11.4 Å². The van der Waals surface area contributed by atoms with Gasteiger partial charge in [-0.1, -0.05) is 11.6 Å². The van der Waals surface area contributed by atoms with Crippen molar-refractivity contribution in [2.45, 2.75) is 19.3 Å². The molecule has 4 nitrogen and oxygen atoms in total. The number of nitrogens with one attached hydrogen (secondary N) is 1. The molecule has 1 aliphatic carbocycles. The van der Waals surface area contributed by atoms with E-state index in [2.05, 4.69) is 20.6 Å². The SMILES string of the molecule is Fc1cc2c(c(-c3nn[nH]n3)c1Cl)CCC2. The van der Waals surface area contributed by atoms with Crippen LogP contribution in [-0.2, 0) is 12.8 Å². The van der Waals surface area contributed by atoms with E-state index in [1.807, 2.05) is 0 Å². The zero-order chi connectivity index (χ0) is 11.1. The summed E-state index contributed by atoms with van der Waals surface area (Å²) < 4.78 is 13.6. The summed E-state index contributed by atoms with van der Waals surface area (Å²) in [5.74, 6) is -0.0511. The number of hydrogen-bond donors (Lipinski definition) is 1. The molecule has 0 saturated carbocycles. The number of fused-ring (bicyclic) bond motifs is 1. The maximum absolute atomic E-state index is 13.6. The van der Waals surface area contributed by atoms with Gasteiger partial charge in [-0.05, 0) is 41.7 Å². The fourth-order valence-corrected chi connectivity index (χ4v) is 2.43. The van der Waals surface area contributed by atoms with Crippen molar-refractivity contribution in [2.75, 3.05) is 0 Å². The largest absolute Gasteiger partial charge is 0.206 e. The van der Waals surface area contributed by atoms with Crippen LogP contribution in [0.2, 0.25) is 5.02 Å². The normalized spacial score (nSPS) is 14.1. The third-order valence-electron chi connectivity index (χ3n) is 2.86. The lowest BCUT2D eigenvalue weighted by atomic mass is 10.0. The Balaban J connectivity index is 2.31. The van der Waals surface area contributed by atoms with Crippen molar-refractivity contribution in [1.29, 1.82) is 0 Å². The first-order chi connectivity index (χ1) is 7.77. The van der Waals surface area contributed by atoms with Crippen LogP contribution in [0.4, 0.5) is 4.39 Å². The monoisotopic (exact) mass is 238 g/mol. The summed E-state index contributed by atoms with van der Waals surface area (Å²) in [6.45, 7) is 0. The summed E-state index contributed by atoms with van der Waals surface area (Å²) in [4.78, 5) is 0. The number of aromatic nitrogens is 4. The van der Waals surface area contributed by atoms with Crippen molar-refractivity contribution >= 4 is 11.6 Å². The Kier molecular flexibility index (Phi) is 2.14. The molecule has 0 amide bonds. The fourth-order valence-electron chi connectivity index (χ4n) is 2.18. The number of H-pyrrole nitrogens is 1. The van der Waals surface area contributed by atoms with Crippen molar-refractivity contribution in [3.63, 3.8) is 0 Å². The van der Waals surface area contributed by atoms with Gasteiger partial charge < -0.3 is 0 Å². The second kappa shape index (κ2) is 3.52. The van der Waals surface area contributed by atoms with E-state index in [0.29, 0.717) is 11.4 Å². The summed E-state index contributed by atoms with van der Waals surface area (Å²) in [5.41, 5.74) is 2.64. The highest BCUT2D eigenvalue weighted by atomic mass is 35.5. The Morgan fingerprint density at radius 2 is 2.25 bits per heavy atom. The minimum absolute atomic E-state index is 0.0852. The Hall–Kier alpha value is -1.49. The summed E-state index contributed by atoms with van der Waals surface area (Å²) in [6.07, 6.45) is 2.79. The number of tetrazole rings is 1. The molecular formula is C10H8ClFN4. The number of benzene rings is 1. The van der Waals surface area contributed by atoms with Crippen LogP contribution in [0.3, 0.4) is 0 Å². The molecule has 1 heterocycles. The Morgan fingerprint density at radius 3 is 3.00 bits per heavy atom. The molecule has 1 aromatic carbocycles. The Labute approximate surface area is 95.8 Å². The molecule has 1 aliphatic rings. The van der Waals surface area contributed by atoms with Crippen LogP contribution in [0.1, 0.15) is 17.5 Å². The molecule has 0 atom stereocenters. The topological polar surface area (TPSA) is 54.5 Å². The lowest BCUT2D eigenvalue weighted by Crippen LogP contribution is -1.95. The van der Waals surface area contributed by atoms with Gasteiger partial charge in [0.15, 0.2) is 0 Å². The van der Waals surface area contributed by atoms with E-state index < -0.39 is 5.82 Å². The van der Waals surface area contributed by atoms with Crippen molar-refractivity contribution < 1.29 is 4.39 Å². The molecule has 6 heteroatoms. The van der Waals surface area contributed by atoms with Crippen molar-refractivity contribution in [1.82, 2.24) is 20.6 Å². The van der Waals surface area contributed by atoms with E-state index in [4.69, 9.17) is 11.6 Å². The number of aromatic amines is 1. The van der Waals surface area contributed by atoms with Gasteiger partial charge in [-0.2, -0.15) is 5.21 Å². The fraction of sp³-hybridized carbons (Fsp3) is 0.300. The summed E-state index contributed by atoms with van der Waals surface area (Å²) >= 11 is 5.97. The van der Waals surface area contributed by atoms with Crippen LogP contribution in [0.5, 0.6) is 0 Å². The molecule has 3 rings (SSSR count). The molecule has 0 fully saturated rings. The van der Waals surface area contributed by atoms with Gasteiger partial charge in [-0.25, -0.2) is 4.39 Å². The van der Waals surface area contributed by atoms with Crippen molar-refractivity contribution in [2.24, 2.45) is 0 Å². The van der Waals surface area contributed by atoms with E-state index in [0.717, 1.165) is 30.4 Å². The first-order valence-corrected chi connectivity index (χ1v) is 5.38. The molecule has 0 spiro atoms. The summed E-state index contributed by atoms with van der Waals surface area (Å²) in [7, 11) is 0. The van der Waals surface area contributed by atoms with Gasteiger partial charge in [0.1, 0.15) is 5.82 Å². The third kappa shape index (κ3) is 1.31. The smallest absolute Gasteiger partial charge is 0.205 e. The number of aryl methyl sites for hydroxylation is 1. The molecule has 0 aliphatic heterocycles. The zero-order valence-corrected chi connectivity index (χ0v) is 9.05. The van der Waals surface area contributed by atoms with Gasteiger partial charge >= 0.3 is 0 Å². The summed E-state index contributed by atoms with van der Waals surface area (Å²) in [6, 6.07) is 1.51. The van der Waals surface area contributed by atoms with Gasteiger partial charge in [-0.15, -0.1) is 10.2 Å². The molecule has 0 bridgehead atoms. The van der Waals surface area contributed by atoms with Crippen LogP contribution < -0.4 is 0 Å². The van der Waals surface area contributed by atoms with E-state index >= 15 is 0 Å². The van der Waals surface area contributed by atoms with Crippen LogP contribution in [0.25, 0.3) is 11.4 Å². The lowest BCUT2D eigenvalue weighted by molar-refractivity contribution is 0.626. The highest BCUT2D eigenvalue weighted by Crippen LogP contribution is 2.37. The van der Waals surface area contributed by atoms with Crippen LogP contribution in [-0.4, -0.2) is 20.6 Å². The quantitative estimate of drug-likeness (QED) is 0.828. The number of nitrogens with zero attached hydrogens (tertiary/aromatic N) is 3. The van der Waals surface area contributed by atoms with E-state index in [1.54, 1.807) is 0 Å². The standard InChI is InChI=1S/C10H8ClFN4/c11-9-7(12)4-5-2-1-3-6(5)8(9)10-13-15-16-14-10/h4H,1-3H2,(H,13,14,15,16). The number of rotatable bonds is 1. The first kappa shape index (κ1) is 9.72. The molecular weight excluding hydrogens is 231 g/mol. The zero-order valence-electron chi connectivity index (χ0n) is 8.30. The van der Waals surface area contributed by atoms with E-state index in [1.165, 1.54) is 6.07 Å². The van der Waals surface area contributed by atoms with Gasteiger partial charge in [-0.3, -0.25) is 0 Å². The number of hydrogen-bond acceptors (Lipinski definition) is 3. The Morgan fingerprint density at radius 1 is 1.38 bits per heavy atom. The molecule has 16 heavy (non-hydrogen) atoms. The van der Waals surface area contributed by atoms with E-state index in [9.17, 15) is 4.39 Å². The van der Waals surface area contributed by atoms with Gasteiger partial charge in [0.2, 0.25) is 5.82 Å². The van der Waals surface area contributed by atoms with Gasteiger partial charge in [0, 0.05) is 5.56 Å². The molecule has 1 N–H and O–H groups in total. The highest BCUT2D eigenvalue weighted by Gasteiger charge is 2.23. The molecule has 1 aromatic heterocycles. The Bertz CT molecular complexity index is 538. The van der Waals surface area contributed by atoms with E-state index in [-0.39, 0.29) is 5.02 Å². The second-order valence-electron chi connectivity index (χ2n) is 3.77. The molecule has 0 unspecified atom stereocenters. The predicted molar refractivity (Wildman–Crippen MR) is 56.6 cm³/mol. The summed E-state index contributed by atoms with van der Waals surface area (Å²) in [5, 5.41) is 13.7. The second-order valence-corrected chi connectivity index (χ2v) is 4.15. The van der Waals surface area contributed by atoms with Crippen LogP contribution in [0.15, 0.2) is 6.07 Å². The molecule has 0 saturated heterocycles. The molecule has 2 aromatic rings. The highest BCUT2D eigenvalue weighted by molar-refractivity contribution is 6.33. The van der Waals surface area contributed by atoms with Gasteiger partial charge in [0.25, 0.3) is 0 Å².